The number of methoxy groups -OCH3 is 1. The smallest absolute Gasteiger partial charge is 0.145 e. The standard InChI is InChI=1S/C24H18N2O.ClH/c1-27-20-14-11-18(12-15-20)24-25-23-21-10-6-5-7-17(21)13-16-22(23)26(24)19-8-3-2-4-9-19;/h2-16H,1H3;1H. The SMILES string of the molecule is COc1ccc(-c2nc3c4ccccc4ccc3n2-c2ccccc2)cc1.Cl. The predicted octanol–water partition coefficient (Wildman–Crippen LogP) is 6.28. The molecule has 0 amide bonds. The number of ether oxygens (including phenoxy) is 1. The van der Waals surface area contributed by atoms with E-state index in [0.29, 0.717) is 0 Å². The van der Waals surface area contributed by atoms with E-state index in [-0.39, 0.29) is 12.4 Å². The van der Waals surface area contributed by atoms with E-state index in [1.165, 1.54) is 10.8 Å². The number of fused-ring (bicyclic) bond motifs is 3. The highest BCUT2D eigenvalue weighted by Gasteiger charge is 2.16. The van der Waals surface area contributed by atoms with Crippen LogP contribution >= 0.6 is 12.4 Å². The van der Waals surface area contributed by atoms with E-state index in [4.69, 9.17) is 9.72 Å². The van der Waals surface area contributed by atoms with Crippen molar-refractivity contribution in [3.63, 3.8) is 0 Å². The van der Waals surface area contributed by atoms with Crippen LogP contribution in [0.4, 0.5) is 0 Å². The van der Waals surface area contributed by atoms with Crippen molar-refractivity contribution >= 4 is 34.2 Å². The van der Waals surface area contributed by atoms with Gasteiger partial charge in [0.15, 0.2) is 0 Å². The topological polar surface area (TPSA) is 27.1 Å². The number of para-hydroxylation sites is 1. The van der Waals surface area contributed by atoms with Crippen molar-refractivity contribution in [2.75, 3.05) is 7.11 Å². The van der Waals surface area contributed by atoms with Crippen LogP contribution < -0.4 is 4.74 Å². The van der Waals surface area contributed by atoms with Gasteiger partial charge in [-0.15, -0.1) is 12.4 Å². The van der Waals surface area contributed by atoms with Gasteiger partial charge in [0.25, 0.3) is 0 Å². The lowest BCUT2D eigenvalue weighted by atomic mass is 10.1. The van der Waals surface area contributed by atoms with Crippen LogP contribution in [-0.2, 0) is 0 Å². The molecule has 0 atom stereocenters. The molecule has 0 aliphatic carbocycles. The molecule has 1 aromatic heterocycles. The lowest BCUT2D eigenvalue weighted by molar-refractivity contribution is 0.415. The van der Waals surface area contributed by atoms with E-state index in [0.717, 1.165) is 33.9 Å². The van der Waals surface area contributed by atoms with Gasteiger partial charge in [-0.05, 0) is 47.9 Å². The van der Waals surface area contributed by atoms with Crippen LogP contribution in [0, 0.1) is 0 Å². The van der Waals surface area contributed by atoms with Crippen LogP contribution in [0.3, 0.4) is 0 Å². The third-order valence-electron chi connectivity index (χ3n) is 4.91. The molecule has 138 valence electrons. The Kier molecular flexibility index (Phi) is 4.76. The molecular formula is C24H19ClN2O. The summed E-state index contributed by atoms with van der Waals surface area (Å²) < 4.78 is 7.54. The summed E-state index contributed by atoms with van der Waals surface area (Å²) in [5.74, 6) is 1.77. The second-order valence-corrected chi connectivity index (χ2v) is 6.49. The summed E-state index contributed by atoms with van der Waals surface area (Å²) in [6, 6.07) is 31.1. The monoisotopic (exact) mass is 386 g/mol. The van der Waals surface area contributed by atoms with Crippen molar-refractivity contribution in [2.24, 2.45) is 0 Å². The first-order valence-electron chi connectivity index (χ1n) is 8.95. The molecule has 5 rings (SSSR count). The minimum absolute atomic E-state index is 0. The van der Waals surface area contributed by atoms with E-state index in [2.05, 4.69) is 77.4 Å². The highest BCUT2D eigenvalue weighted by molar-refractivity contribution is 6.05. The molecule has 0 unspecified atom stereocenters. The highest BCUT2D eigenvalue weighted by atomic mass is 35.5. The van der Waals surface area contributed by atoms with Crippen LogP contribution in [0.25, 0.3) is 38.9 Å². The van der Waals surface area contributed by atoms with Gasteiger partial charge in [-0.2, -0.15) is 0 Å². The predicted molar refractivity (Wildman–Crippen MR) is 118 cm³/mol. The fraction of sp³-hybridized carbons (Fsp3) is 0.0417. The molecule has 5 aromatic rings. The minimum Gasteiger partial charge on any atom is -0.497 e. The molecule has 0 aliphatic heterocycles. The molecule has 0 saturated heterocycles. The van der Waals surface area contributed by atoms with Gasteiger partial charge in [0.05, 0.1) is 18.1 Å². The Morgan fingerprint density at radius 2 is 1.46 bits per heavy atom. The minimum atomic E-state index is 0. The second kappa shape index (κ2) is 7.37. The van der Waals surface area contributed by atoms with Crippen molar-refractivity contribution in [3.05, 3.63) is 91.0 Å². The number of benzene rings is 4. The normalized spacial score (nSPS) is 10.8. The van der Waals surface area contributed by atoms with Crippen molar-refractivity contribution in [1.82, 2.24) is 9.55 Å². The third-order valence-corrected chi connectivity index (χ3v) is 4.91. The fourth-order valence-electron chi connectivity index (χ4n) is 3.58. The summed E-state index contributed by atoms with van der Waals surface area (Å²) in [6.45, 7) is 0. The first kappa shape index (κ1) is 18.1. The van der Waals surface area contributed by atoms with Crippen molar-refractivity contribution in [1.29, 1.82) is 0 Å². The molecule has 28 heavy (non-hydrogen) atoms. The third kappa shape index (κ3) is 2.90. The maximum atomic E-state index is 5.31. The molecule has 0 N–H and O–H groups in total. The number of halogens is 1. The average molecular weight is 387 g/mol. The number of hydrogen-bond acceptors (Lipinski definition) is 2. The van der Waals surface area contributed by atoms with Crippen molar-refractivity contribution < 1.29 is 4.74 Å². The van der Waals surface area contributed by atoms with E-state index < -0.39 is 0 Å². The Bertz CT molecular complexity index is 1240. The van der Waals surface area contributed by atoms with Gasteiger partial charge in [-0.25, -0.2) is 4.98 Å². The Morgan fingerprint density at radius 1 is 0.750 bits per heavy atom. The molecule has 4 aromatic carbocycles. The fourth-order valence-corrected chi connectivity index (χ4v) is 3.58. The summed E-state index contributed by atoms with van der Waals surface area (Å²) in [5.41, 5.74) is 4.27. The Hall–Kier alpha value is -3.30. The van der Waals surface area contributed by atoms with Gasteiger partial charge in [0, 0.05) is 16.6 Å². The zero-order valence-corrected chi connectivity index (χ0v) is 16.2. The second-order valence-electron chi connectivity index (χ2n) is 6.49. The summed E-state index contributed by atoms with van der Waals surface area (Å²) in [4.78, 5) is 5.07. The molecule has 0 aliphatic rings. The maximum absolute atomic E-state index is 5.31. The highest BCUT2D eigenvalue weighted by Crippen LogP contribution is 2.33. The van der Waals surface area contributed by atoms with E-state index in [1.54, 1.807) is 7.11 Å². The zero-order valence-electron chi connectivity index (χ0n) is 15.4. The molecule has 0 bridgehead atoms. The van der Waals surface area contributed by atoms with E-state index in [1.807, 2.05) is 18.2 Å². The van der Waals surface area contributed by atoms with E-state index in [9.17, 15) is 0 Å². The molecule has 3 nitrogen and oxygen atoms in total. The van der Waals surface area contributed by atoms with Gasteiger partial charge in [-0.3, -0.25) is 4.57 Å². The van der Waals surface area contributed by atoms with Gasteiger partial charge in [0.2, 0.25) is 0 Å². The van der Waals surface area contributed by atoms with Gasteiger partial charge >= 0.3 is 0 Å². The molecule has 0 radical (unpaired) electrons. The van der Waals surface area contributed by atoms with E-state index >= 15 is 0 Å². The van der Waals surface area contributed by atoms with Gasteiger partial charge in [-0.1, -0.05) is 48.5 Å². The van der Waals surface area contributed by atoms with Crippen LogP contribution in [-0.4, -0.2) is 16.7 Å². The number of hydrogen-bond donors (Lipinski definition) is 0. The van der Waals surface area contributed by atoms with Crippen LogP contribution in [0.15, 0.2) is 91.0 Å². The van der Waals surface area contributed by atoms with Crippen LogP contribution in [0.1, 0.15) is 0 Å². The average Bonchev–Trinajstić information content (AvgIpc) is 3.14. The summed E-state index contributed by atoms with van der Waals surface area (Å²) in [6.07, 6.45) is 0. The lowest BCUT2D eigenvalue weighted by Gasteiger charge is -2.10. The first-order chi connectivity index (χ1) is 13.3. The number of aromatic nitrogens is 2. The molecule has 4 heteroatoms. The quantitative estimate of drug-likeness (QED) is 0.365. The van der Waals surface area contributed by atoms with Crippen molar-refractivity contribution in [3.8, 4) is 22.8 Å². The summed E-state index contributed by atoms with van der Waals surface area (Å²) >= 11 is 0. The number of nitrogens with zero attached hydrogens (tertiary/aromatic N) is 2. The Morgan fingerprint density at radius 3 is 2.21 bits per heavy atom. The lowest BCUT2D eigenvalue weighted by Crippen LogP contribution is -1.97. The van der Waals surface area contributed by atoms with Crippen LogP contribution in [0.2, 0.25) is 0 Å². The molecular weight excluding hydrogens is 368 g/mol. The zero-order chi connectivity index (χ0) is 18.2. The van der Waals surface area contributed by atoms with Gasteiger partial charge < -0.3 is 4.74 Å². The maximum Gasteiger partial charge on any atom is 0.145 e. The molecule has 0 fully saturated rings. The largest absolute Gasteiger partial charge is 0.497 e. The van der Waals surface area contributed by atoms with Crippen molar-refractivity contribution in [2.45, 2.75) is 0 Å². The molecule has 1 heterocycles. The van der Waals surface area contributed by atoms with Gasteiger partial charge in [0.1, 0.15) is 11.6 Å². The molecule has 0 saturated carbocycles. The van der Waals surface area contributed by atoms with Crippen LogP contribution in [0.5, 0.6) is 5.75 Å². The number of imidazole rings is 1. The Labute approximate surface area is 169 Å². The first-order valence-corrected chi connectivity index (χ1v) is 8.95. The number of rotatable bonds is 3. The summed E-state index contributed by atoms with van der Waals surface area (Å²) in [7, 11) is 1.68. The Balaban J connectivity index is 0.00000192. The molecule has 0 spiro atoms. The summed E-state index contributed by atoms with van der Waals surface area (Å²) in [5, 5.41) is 2.36.